The van der Waals surface area contributed by atoms with Crippen LogP contribution >= 0.6 is 0 Å². The summed E-state index contributed by atoms with van der Waals surface area (Å²) in [6.07, 6.45) is 7.39. The quantitative estimate of drug-likeness (QED) is 0.510. The van der Waals surface area contributed by atoms with E-state index in [1.165, 1.54) is 32.1 Å². The van der Waals surface area contributed by atoms with Gasteiger partial charge in [-0.15, -0.1) is 0 Å². The first kappa shape index (κ1) is 19.7. The van der Waals surface area contributed by atoms with E-state index in [1.807, 2.05) is 0 Å². The van der Waals surface area contributed by atoms with Crippen LogP contribution in [0.5, 0.6) is 0 Å². The molecule has 0 aromatic rings. The van der Waals surface area contributed by atoms with Crippen molar-refractivity contribution in [3.8, 4) is 0 Å². The van der Waals surface area contributed by atoms with Crippen LogP contribution in [0.4, 0.5) is 4.39 Å². The molecular weight excluding hydrogens is 403 g/mol. The third-order valence-corrected chi connectivity index (χ3v) is 9.52. The predicted octanol–water partition coefficient (Wildman–Crippen LogP) is 2.64. The lowest BCUT2D eigenvalue weighted by atomic mass is 9.30. The zero-order valence-electron chi connectivity index (χ0n) is 16.2. The summed E-state index contributed by atoms with van der Waals surface area (Å²) in [7, 11) is -5.12. The molecular formula is C20H27FO7S. The number of hydrogen-bond donors (Lipinski definition) is 1. The topological polar surface area (TPSA) is 107 Å². The second kappa shape index (κ2) is 6.39. The molecule has 0 heterocycles. The van der Waals surface area contributed by atoms with E-state index in [-0.39, 0.29) is 17.3 Å². The Bertz CT molecular complexity index is 816. The Kier molecular flexibility index (Phi) is 4.35. The largest absolute Gasteiger partial charge is 0.465 e. The average Bonchev–Trinajstić information content (AvgIpc) is 3.18. The van der Waals surface area contributed by atoms with Crippen LogP contribution in [0.25, 0.3) is 0 Å². The molecule has 162 valence electrons. The van der Waals surface area contributed by atoms with Crippen molar-refractivity contribution in [3.05, 3.63) is 0 Å². The summed E-state index contributed by atoms with van der Waals surface area (Å²) in [6, 6.07) is 0. The fraction of sp³-hybridized carbons (Fsp3) is 0.900. The minimum atomic E-state index is -5.12. The molecule has 9 heteroatoms. The summed E-state index contributed by atoms with van der Waals surface area (Å²) in [5.74, 6) is 0.515. The Morgan fingerprint density at radius 1 is 1.07 bits per heavy atom. The van der Waals surface area contributed by atoms with Crippen LogP contribution in [0.3, 0.4) is 0 Å². The van der Waals surface area contributed by atoms with Crippen LogP contribution in [0.15, 0.2) is 0 Å². The van der Waals surface area contributed by atoms with Gasteiger partial charge in [-0.05, 0) is 81.0 Å². The van der Waals surface area contributed by atoms with Gasteiger partial charge in [0.2, 0.25) is 0 Å². The van der Waals surface area contributed by atoms with E-state index >= 15 is 0 Å². The van der Waals surface area contributed by atoms with Gasteiger partial charge >= 0.3 is 27.6 Å². The Morgan fingerprint density at radius 3 is 2.24 bits per heavy atom. The molecule has 5 aliphatic carbocycles. The maximum absolute atomic E-state index is 13.3. The summed E-state index contributed by atoms with van der Waals surface area (Å²) in [4.78, 5) is 24.0. The lowest BCUT2D eigenvalue weighted by Gasteiger charge is -2.74. The summed E-state index contributed by atoms with van der Waals surface area (Å²) >= 11 is 0. The van der Waals surface area contributed by atoms with E-state index in [0.717, 1.165) is 17.8 Å². The highest BCUT2D eigenvalue weighted by Gasteiger charge is 2.81. The molecule has 0 amide bonds. The van der Waals surface area contributed by atoms with Crippen molar-refractivity contribution in [2.24, 2.45) is 34.5 Å². The molecule has 0 saturated heterocycles. The van der Waals surface area contributed by atoms with Crippen LogP contribution in [-0.2, 0) is 29.2 Å². The zero-order chi connectivity index (χ0) is 20.6. The summed E-state index contributed by atoms with van der Waals surface area (Å²) in [5.41, 5.74) is -2.39. The molecule has 5 aliphatic rings. The van der Waals surface area contributed by atoms with E-state index < -0.39 is 27.7 Å². The van der Waals surface area contributed by atoms with Crippen molar-refractivity contribution in [1.82, 2.24) is 0 Å². The molecule has 0 aromatic carbocycles. The van der Waals surface area contributed by atoms with E-state index in [0.29, 0.717) is 37.7 Å². The number of alkyl halides is 1. The highest BCUT2D eigenvalue weighted by atomic mass is 32.2. The van der Waals surface area contributed by atoms with Gasteiger partial charge in [0.15, 0.2) is 0 Å². The first-order valence-corrected chi connectivity index (χ1v) is 12.1. The Hall–Kier alpha value is -1.22. The van der Waals surface area contributed by atoms with Gasteiger partial charge in [-0.2, -0.15) is 8.42 Å². The van der Waals surface area contributed by atoms with Crippen molar-refractivity contribution in [2.75, 3.05) is 6.61 Å². The molecule has 1 spiro atoms. The maximum atomic E-state index is 13.3. The summed E-state index contributed by atoms with van der Waals surface area (Å²) in [6.45, 7) is 0.526. The van der Waals surface area contributed by atoms with E-state index in [4.69, 9.17) is 14.0 Å². The first-order chi connectivity index (χ1) is 13.6. The Morgan fingerprint density at radius 2 is 1.69 bits per heavy atom. The minimum absolute atomic E-state index is 0.207. The lowest BCUT2D eigenvalue weighted by Crippen LogP contribution is -2.70. The standard InChI is InChI=1S/C20H27FO7S/c21-16(29(24,25)26)18(23)28-15-3-1-12(2-4-15)17(22)27-10-19-8-13-5-11-6-14(9-19)20(13,19)7-11/h11-16H,1-10H2,(H,24,25,26). The van der Waals surface area contributed by atoms with Gasteiger partial charge in [-0.3, -0.25) is 9.35 Å². The fourth-order valence-electron chi connectivity index (χ4n) is 7.73. The van der Waals surface area contributed by atoms with Gasteiger partial charge in [0.25, 0.3) is 0 Å². The molecule has 7 nitrogen and oxygen atoms in total. The van der Waals surface area contributed by atoms with E-state index in [9.17, 15) is 22.4 Å². The van der Waals surface area contributed by atoms with Gasteiger partial charge in [0.1, 0.15) is 6.10 Å². The van der Waals surface area contributed by atoms with Crippen LogP contribution in [-0.4, -0.2) is 43.1 Å². The minimum Gasteiger partial charge on any atom is -0.465 e. The molecule has 29 heavy (non-hydrogen) atoms. The number of halogens is 1. The van der Waals surface area contributed by atoms with Crippen molar-refractivity contribution < 1.29 is 36.4 Å². The highest BCUT2D eigenvalue weighted by Crippen LogP contribution is 2.86. The van der Waals surface area contributed by atoms with Crippen LogP contribution in [0, 0.1) is 34.5 Å². The Balaban J connectivity index is 1.08. The van der Waals surface area contributed by atoms with Crippen molar-refractivity contribution >= 4 is 22.1 Å². The Labute approximate surface area is 169 Å². The molecule has 5 rings (SSSR count). The number of esters is 2. The molecule has 0 aromatic heterocycles. The van der Waals surface area contributed by atoms with Gasteiger partial charge in [-0.1, -0.05) is 0 Å². The SMILES string of the molecule is O=C(OCC12CC3CC4CC(C1)C32C4)C1CCC(OC(=O)C(F)S(=O)(=O)O)CC1. The zero-order valence-corrected chi connectivity index (χ0v) is 17.0. The normalized spacial score (nSPS) is 45.5. The van der Waals surface area contributed by atoms with Crippen molar-refractivity contribution in [2.45, 2.75) is 69.4 Å². The molecule has 0 radical (unpaired) electrons. The van der Waals surface area contributed by atoms with E-state index in [1.54, 1.807) is 0 Å². The lowest BCUT2D eigenvalue weighted by molar-refractivity contribution is -0.279. The fourth-order valence-corrected chi connectivity index (χ4v) is 8.02. The monoisotopic (exact) mass is 430 g/mol. The van der Waals surface area contributed by atoms with Gasteiger partial charge in [-0.25, -0.2) is 9.18 Å². The molecule has 5 saturated carbocycles. The maximum Gasteiger partial charge on any atom is 0.359 e. The van der Waals surface area contributed by atoms with Crippen molar-refractivity contribution in [1.29, 1.82) is 0 Å². The number of carbonyl (C=O) groups is 2. The number of fused-ring (bicyclic) bond motifs is 1. The number of rotatable bonds is 6. The molecule has 2 bridgehead atoms. The molecule has 5 fully saturated rings. The highest BCUT2D eigenvalue weighted by molar-refractivity contribution is 7.87. The number of ether oxygens (including phenoxy) is 2. The van der Waals surface area contributed by atoms with Gasteiger partial charge in [0.05, 0.1) is 12.5 Å². The van der Waals surface area contributed by atoms with Gasteiger partial charge < -0.3 is 9.47 Å². The third kappa shape index (κ3) is 2.79. The predicted molar refractivity (Wildman–Crippen MR) is 97.7 cm³/mol. The second-order valence-electron chi connectivity index (χ2n) is 10.0. The summed E-state index contributed by atoms with van der Waals surface area (Å²) < 4.78 is 53.8. The first-order valence-electron chi connectivity index (χ1n) is 10.6. The van der Waals surface area contributed by atoms with Crippen molar-refractivity contribution in [3.63, 3.8) is 0 Å². The molecule has 3 atom stereocenters. The third-order valence-electron chi connectivity index (χ3n) is 8.81. The van der Waals surface area contributed by atoms with Gasteiger partial charge in [0, 0.05) is 5.41 Å². The van der Waals surface area contributed by atoms with Crippen LogP contribution < -0.4 is 0 Å². The second-order valence-corrected chi connectivity index (χ2v) is 11.5. The van der Waals surface area contributed by atoms with E-state index in [2.05, 4.69) is 0 Å². The number of hydrogen-bond acceptors (Lipinski definition) is 6. The molecule has 1 N–H and O–H groups in total. The molecule has 0 aliphatic heterocycles. The van der Waals surface area contributed by atoms with Crippen LogP contribution in [0.2, 0.25) is 0 Å². The smallest absolute Gasteiger partial charge is 0.359 e. The number of carbonyl (C=O) groups excluding carboxylic acids is 2. The van der Waals surface area contributed by atoms with Crippen LogP contribution in [0.1, 0.15) is 57.8 Å². The molecule has 3 unspecified atom stereocenters. The summed E-state index contributed by atoms with van der Waals surface area (Å²) in [5, 5.41) is 0. The average molecular weight is 430 g/mol.